The van der Waals surface area contributed by atoms with Crippen molar-refractivity contribution in [3.63, 3.8) is 0 Å². The van der Waals surface area contributed by atoms with Crippen LogP contribution in [0.4, 0.5) is 0 Å². The Labute approximate surface area is 81.9 Å². The molecule has 0 aromatic heterocycles. The van der Waals surface area contributed by atoms with Crippen LogP contribution in [-0.2, 0) is 0 Å². The lowest BCUT2D eigenvalue weighted by Gasteiger charge is -2.29. The van der Waals surface area contributed by atoms with E-state index in [1.165, 1.54) is 24.8 Å². The quantitative estimate of drug-likeness (QED) is 0.661. The lowest BCUT2D eigenvalue weighted by Crippen LogP contribution is -2.25. The molecule has 1 heteroatoms. The van der Waals surface area contributed by atoms with Crippen molar-refractivity contribution >= 4 is 0 Å². The molecule has 0 amide bonds. The van der Waals surface area contributed by atoms with Gasteiger partial charge < -0.3 is 5.11 Å². The number of hydrogen-bond acceptors (Lipinski definition) is 1. The van der Waals surface area contributed by atoms with E-state index in [1.54, 1.807) is 0 Å². The molecule has 0 saturated heterocycles. The second kappa shape index (κ2) is 5.43. The van der Waals surface area contributed by atoms with Gasteiger partial charge >= 0.3 is 0 Å². The molecule has 1 N–H and O–H groups in total. The monoisotopic (exact) mass is 182 g/mol. The summed E-state index contributed by atoms with van der Waals surface area (Å²) in [6.45, 7) is 4.41. The maximum Gasteiger partial charge on any atom is 0.0608 e. The highest BCUT2D eigenvalue weighted by Gasteiger charge is 2.24. The summed E-state index contributed by atoms with van der Waals surface area (Å²) >= 11 is 0. The molecule has 0 radical (unpaired) electrons. The van der Waals surface area contributed by atoms with Gasteiger partial charge in [0.15, 0.2) is 0 Å². The van der Waals surface area contributed by atoms with E-state index >= 15 is 0 Å². The predicted molar refractivity (Wildman–Crippen MR) is 56.6 cm³/mol. The molecule has 0 bridgehead atoms. The Morgan fingerprint density at radius 2 is 2.15 bits per heavy atom. The summed E-state index contributed by atoms with van der Waals surface area (Å²) in [7, 11) is 0. The molecule has 76 valence electrons. The highest BCUT2D eigenvalue weighted by molar-refractivity contribution is 5.12. The van der Waals surface area contributed by atoms with E-state index in [-0.39, 0.29) is 6.10 Å². The third-order valence-corrected chi connectivity index (χ3v) is 2.95. The molecule has 0 fully saturated rings. The number of aliphatic hydroxyl groups excluding tert-OH is 1. The molecule has 1 aliphatic rings. The zero-order valence-corrected chi connectivity index (χ0v) is 8.92. The molecular formula is C12H22O. The number of rotatable bonds is 4. The van der Waals surface area contributed by atoms with Crippen LogP contribution >= 0.6 is 0 Å². The van der Waals surface area contributed by atoms with Gasteiger partial charge in [-0.2, -0.15) is 0 Å². The summed E-state index contributed by atoms with van der Waals surface area (Å²) in [5, 5.41) is 9.86. The minimum Gasteiger partial charge on any atom is -0.392 e. The minimum absolute atomic E-state index is 0.0634. The van der Waals surface area contributed by atoms with Gasteiger partial charge in [-0.25, -0.2) is 0 Å². The molecule has 1 rings (SSSR count). The van der Waals surface area contributed by atoms with Crippen LogP contribution in [-0.4, -0.2) is 11.2 Å². The van der Waals surface area contributed by atoms with Crippen LogP contribution < -0.4 is 0 Å². The second-order valence-electron chi connectivity index (χ2n) is 4.07. The molecule has 0 aliphatic heterocycles. The predicted octanol–water partition coefficient (Wildman–Crippen LogP) is 3.28. The third-order valence-electron chi connectivity index (χ3n) is 2.95. The van der Waals surface area contributed by atoms with E-state index in [0.717, 1.165) is 19.3 Å². The van der Waals surface area contributed by atoms with Crippen molar-refractivity contribution in [3.8, 4) is 0 Å². The van der Waals surface area contributed by atoms with Crippen LogP contribution in [0.25, 0.3) is 0 Å². The lowest BCUT2D eigenvalue weighted by atomic mass is 9.80. The molecule has 1 aliphatic carbocycles. The van der Waals surface area contributed by atoms with Gasteiger partial charge in [-0.1, -0.05) is 38.3 Å². The number of hydrogen-bond donors (Lipinski definition) is 1. The SMILES string of the molecule is CCCC1=CCCC(O)C1CCC. The van der Waals surface area contributed by atoms with Gasteiger partial charge in [0, 0.05) is 5.92 Å². The second-order valence-corrected chi connectivity index (χ2v) is 4.07. The van der Waals surface area contributed by atoms with Crippen LogP contribution in [0.3, 0.4) is 0 Å². The van der Waals surface area contributed by atoms with E-state index < -0.39 is 0 Å². The lowest BCUT2D eigenvalue weighted by molar-refractivity contribution is 0.103. The van der Waals surface area contributed by atoms with Crippen LogP contribution in [0.15, 0.2) is 11.6 Å². The standard InChI is InChI=1S/C12H22O/c1-3-6-10-8-5-9-12(13)11(10)7-4-2/h8,11-13H,3-7,9H2,1-2H3. The van der Waals surface area contributed by atoms with Gasteiger partial charge in [-0.15, -0.1) is 0 Å². The first-order chi connectivity index (χ1) is 6.29. The Morgan fingerprint density at radius 1 is 1.38 bits per heavy atom. The van der Waals surface area contributed by atoms with Crippen LogP contribution in [0.5, 0.6) is 0 Å². The summed E-state index contributed by atoms with van der Waals surface area (Å²) < 4.78 is 0. The zero-order chi connectivity index (χ0) is 9.68. The maximum absolute atomic E-state index is 9.86. The van der Waals surface area contributed by atoms with E-state index in [1.807, 2.05) is 0 Å². The van der Waals surface area contributed by atoms with Crippen LogP contribution in [0, 0.1) is 5.92 Å². The topological polar surface area (TPSA) is 20.2 Å². The van der Waals surface area contributed by atoms with E-state index in [0.29, 0.717) is 5.92 Å². The fourth-order valence-electron chi connectivity index (χ4n) is 2.30. The fourth-order valence-corrected chi connectivity index (χ4v) is 2.30. The smallest absolute Gasteiger partial charge is 0.0608 e. The maximum atomic E-state index is 9.86. The molecule has 0 spiro atoms. The highest BCUT2D eigenvalue weighted by atomic mass is 16.3. The van der Waals surface area contributed by atoms with E-state index in [4.69, 9.17) is 0 Å². The largest absolute Gasteiger partial charge is 0.392 e. The van der Waals surface area contributed by atoms with Crippen molar-refractivity contribution in [3.05, 3.63) is 11.6 Å². The van der Waals surface area contributed by atoms with Crippen molar-refractivity contribution < 1.29 is 5.11 Å². The fraction of sp³-hybridized carbons (Fsp3) is 0.833. The molecule has 2 atom stereocenters. The van der Waals surface area contributed by atoms with Crippen molar-refractivity contribution in [2.24, 2.45) is 5.92 Å². The average molecular weight is 182 g/mol. The normalized spacial score (nSPS) is 28.7. The molecule has 0 heterocycles. The molecule has 13 heavy (non-hydrogen) atoms. The van der Waals surface area contributed by atoms with Gasteiger partial charge in [-0.3, -0.25) is 0 Å². The van der Waals surface area contributed by atoms with Crippen molar-refractivity contribution in [2.75, 3.05) is 0 Å². The molecule has 0 saturated carbocycles. The van der Waals surface area contributed by atoms with Gasteiger partial charge in [-0.05, 0) is 25.7 Å². The number of allylic oxidation sites excluding steroid dienone is 1. The van der Waals surface area contributed by atoms with Crippen molar-refractivity contribution in [2.45, 2.75) is 58.5 Å². The number of aliphatic hydroxyl groups is 1. The Morgan fingerprint density at radius 3 is 2.77 bits per heavy atom. The molecular weight excluding hydrogens is 160 g/mol. The molecule has 0 aromatic carbocycles. The Bertz CT molecular complexity index is 172. The summed E-state index contributed by atoms with van der Waals surface area (Å²) in [6, 6.07) is 0. The zero-order valence-electron chi connectivity index (χ0n) is 8.92. The van der Waals surface area contributed by atoms with Crippen LogP contribution in [0.2, 0.25) is 0 Å². The molecule has 0 aromatic rings. The molecule has 2 unspecified atom stereocenters. The van der Waals surface area contributed by atoms with Gasteiger partial charge in [0.2, 0.25) is 0 Å². The van der Waals surface area contributed by atoms with E-state index in [9.17, 15) is 5.11 Å². The van der Waals surface area contributed by atoms with Gasteiger partial charge in [0.25, 0.3) is 0 Å². The van der Waals surface area contributed by atoms with Gasteiger partial charge in [0.1, 0.15) is 0 Å². The minimum atomic E-state index is -0.0634. The first-order valence-electron chi connectivity index (χ1n) is 5.66. The van der Waals surface area contributed by atoms with Crippen molar-refractivity contribution in [1.82, 2.24) is 0 Å². The third kappa shape index (κ3) is 2.84. The first-order valence-corrected chi connectivity index (χ1v) is 5.66. The highest BCUT2D eigenvalue weighted by Crippen LogP contribution is 2.31. The summed E-state index contributed by atoms with van der Waals surface area (Å²) in [5.41, 5.74) is 1.52. The summed E-state index contributed by atoms with van der Waals surface area (Å²) in [6.07, 6.45) is 9.08. The Kier molecular flexibility index (Phi) is 4.51. The van der Waals surface area contributed by atoms with Crippen molar-refractivity contribution in [1.29, 1.82) is 0 Å². The first kappa shape index (κ1) is 10.8. The van der Waals surface area contributed by atoms with Crippen LogP contribution in [0.1, 0.15) is 52.4 Å². The molecule has 1 nitrogen and oxygen atoms in total. The summed E-state index contributed by atoms with van der Waals surface area (Å²) in [4.78, 5) is 0. The summed E-state index contributed by atoms with van der Waals surface area (Å²) in [5.74, 6) is 0.471. The van der Waals surface area contributed by atoms with E-state index in [2.05, 4.69) is 19.9 Å². The van der Waals surface area contributed by atoms with Gasteiger partial charge in [0.05, 0.1) is 6.10 Å². The average Bonchev–Trinajstić information content (AvgIpc) is 2.11. The Balaban J connectivity index is 2.59. The Hall–Kier alpha value is -0.300.